The molecule has 1 aromatic heterocycles. The van der Waals surface area contributed by atoms with Crippen LogP contribution in [-0.4, -0.2) is 26.2 Å². The number of hydrogen-bond donors (Lipinski definition) is 2. The molecule has 0 saturated carbocycles. The van der Waals surface area contributed by atoms with E-state index in [0.29, 0.717) is 5.92 Å². The lowest BCUT2D eigenvalue weighted by Gasteiger charge is -2.28. The van der Waals surface area contributed by atoms with Crippen LogP contribution in [0.4, 0.5) is 0 Å². The first kappa shape index (κ1) is 19.1. The Balaban J connectivity index is 0.00000208. The van der Waals surface area contributed by atoms with Gasteiger partial charge in [0.05, 0.1) is 12.6 Å². The second kappa shape index (κ2) is 9.27. The fraction of sp³-hybridized carbons (Fsp3) is 0.389. The molecule has 0 aliphatic carbocycles. The van der Waals surface area contributed by atoms with E-state index in [1.807, 2.05) is 19.2 Å². The smallest absolute Gasteiger partial charge is 0.191 e. The van der Waals surface area contributed by atoms with E-state index in [1.165, 1.54) is 10.4 Å². The normalized spacial score (nSPS) is 17.9. The van der Waals surface area contributed by atoms with Crippen molar-refractivity contribution in [2.24, 2.45) is 4.99 Å². The molecule has 2 heterocycles. The van der Waals surface area contributed by atoms with Crippen LogP contribution in [-0.2, 0) is 0 Å². The minimum Gasteiger partial charge on any atom is -0.493 e. The number of aliphatic imine (C=N–C) groups is 1. The number of halogens is 1. The van der Waals surface area contributed by atoms with Crippen molar-refractivity contribution < 1.29 is 4.74 Å². The highest BCUT2D eigenvalue weighted by atomic mass is 127. The molecule has 0 amide bonds. The van der Waals surface area contributed by atoms with E-state index in [4.69, 9.17) is 4.74 Å². The number of nitrogens with zero attached hydrogens (tertiary/aromatic N) is 1. The van der Waals surface area contributed by atoms with Crippen molar-refractivity contribution in [1.82, 2.24) is 10.6 Å². The molecule has 4 nitrogen and oxygen atoms in total. The maximum absolute atomic E-state index is 5.72. The van der Waals surface area contributed by atoms with E-state index in [2.05, 4.69) is 52.2 Å². The van der Waals surface area contributed by atoms with Crippen molar-refractivity contribution >= 4 is 41.3 Å². The summed E-state index contributed by atoms with van der Waals surface area (Å²) in [5.74, 6) is 2.28. The molecule has 0 fully saturated rings. The summed E-state index contributed by atoms with van der Waals surface area (Å²) >= 11 is 1.80. The van der Waals surface area contributed by atoms with Gasteiger partial charge in [-0.15, -0.1) is 35.3 Å². The number of para-hydroxylation sites is 1. The number of guanidine groups is 1. The van der Waals surface area contributed by atoms with Gasteiger partial charge < -0.3 is 15.4 Å². The molecule has 2 unspecified atom stereocenters. The highest BCUT2D eigenvalue weighted by molar-refractivity contribution is 14.0. The SMILES string of the molecule is CN=C(NCC(C)c1cccs1)NC1CCOc2ccccc21.I. The lowest BCUT2D eigenvalue weighted by molar-refractivity contribution is 0.261. The lowest BCUT2D eigenvalue weighted by atomic mass is 10.0. The zero-order valence-corrected chi connectivity index (χ0v) is 17.1. The molecule has 0 saturated heterocycles. The van der Waals surface area contributed by atoms with Gasteiger partial charge in [0.15, 0.2) is 5.96 Å². The van der Waals surface area contributed by atoms with Crippen molar-refractivity contribution in [2.75, 3.05) is 20.2 Å². The van der Waals surface area contributed by atoms with E-state index in [0.717, 1.165) is 31.3 Å². The Bertz CT molecular complexity index is 660. The Morgan fingerprint density at radius 3 is 2.92 bits per heavy atom. The van der Waals surface area contributed by atoms with Gasteiger partial charge in [0.2, 0.25) is 0 Å². The van der Waals surface area contributed by atoms with Crippen LogP contribution in [0.15, 0.2) is 46.8 Å². The molecule has 1 aliphatic rings. The number of benzene rings is 1. The Morgan fingerprint density at radius 2 is 2.17 bits per heavy atom. The van der Waals surface area contributed by atoms with E-state index in [9.17, 15) is 0 Å². The first-order valence-corrected chi connectivity index (χ1v) is 8.88. The zero-order chi connectivity index (χ0) is 16.1. The van der Waals surface area contributed by atoms with Crippen LogP contribution < -0.4 is 15.4 Å². The van der Waals surface area contributed by atoms with Crippen molar-refractivity contribution in [1.29, 1.82) is 0 Å². The molecule has 2 N–H and O–H groups in total. The van der Waals surface area contributed by atoms with Gasteiger partial charge in [0, 0.05) is 36.4 Å². The standard InChI is InChI=1S/C18H23N3OS.HI/c1-13(17-8-5-11-23-17)12-20-18(19-2)21-15-9-10-22-16-7-4-3-6-14(15)16;/h3-8,11,13,15H,9-10,12H2,1-2H3,(H2,19,20,21);1H. The largest absolute Gasteiger partial charge is 0.493 e. The summed E-state index contributed by atoms with van der Waals surface area (Å²) in [6.45, 7) is 3.83. The molecule has 0 spiro atoms. The number of hydrogen-bond acceptors (Lipinski definition) is 3. The predicted octanol–water partition coefficient (Wildman–Crippen LogP) is 4.16. The zero-order valence-electron chi connectivity index (χ0n) is 14.0. The predicted molar refractivity (Wildman–Crippen MR) is 112 cm³/mol. The van der Waals surface area contributed by atoms with Gasteiger partial charge in [-0.05, 0) is 17.5 Å². The van der Waals surface area contributed by atoms with E-state index in [1.54, 1.807) is 11.3 Å². The molecule has 130 valence electrons. The number of fused-ring (bicyclic) bond motifs is 1. The maximum atomic E-state index is 5.72. The third kappa shape index (κ3) is 4.63. The Kier molecular flexibility index (Phi) is 7.36. The van der Waals surface area contributed by atoms with Gasteiger partial charge in [0.1, 0.15) is 5.75 Å². The van der Waals surface area contributed by atoms with Gasteiger partial charge in [-0.25, -0.2) is 0 Å². The molecule has 0 radical (unpaired) electrons. The van der Waals surface area contributed by atoms with Crippen molar-refractivity contribution in [3.63, 3.8) is 0 Å². The fourth-order valence-electron chi connectivity index (χ4n) is 2.77. The van der Waals surface area contributed by atoms with Crippen LogP contribution >= 0.6 is 35.3 Å². The summed E-state index contributed by atoms with van der Waals surface area (Å²) in [6.07, 6.45) is 0.943. The molecule has 24 heavy (non-hydrogen) atoms. The van der Waals surface area contributed by atoms with Gasteiger partial charge in [0.25, 0.3) is 0 Å². The summed E-state index contributed by atoms with van der Waals surface area (Å²) in [7, 11) is 1.82. The molecular formula is C18H24IN3OS. The van der Waals surface area contributed by atoms with Gasteiger partial charge in [-0.2, -0.15) is 0 Å². The molecule has 3 rings (SSSR count). The summed E-state index contributed by atoms with van der Waals surface area (Å²) in [6, 6.07) is 12.7. The van der Waals surface area contributed by atoms with Crippen molar-refractivity contribution in [3.8, 4) is 5.75 Å². The minimum absolute atomic E-state index is 0. The molecule has 1 aliphatic heterocycles. The van der Waals surface area contributed by atoms with E-state index >= 15 is 0 Å². The Morgan fingerprint density at radius 1 is 1.33 bits per heavy atom. The fourth-order valence-corrected chi connectivity index (χ4v) is 3.56. The van der Waals surface area contributed by atoms with Crippen LogP contribution in [0.3, 0.4) is 0 Å². The van der Waals surface area contributed by atoms with Crippen LogP contribution in [0.5, 0.6) is 5.75 Å². The molecule has 2 atom stereocenters. The second-order valence-electron chi connectivity index (χ2n) is 5.74. The van der Waals surface area contributed by atoms with E-state index in [-0.39, 0.29) is 30.0 Å². The molecular weight excluding hydrogens is 433 g/mol. The number of ether oxygens (including phenoxy) is 1. The first-order chi connectivity index (χ1) is 11.3. The maximum Gasteiger partial charge on any atom is 0.191 e. The second-order valence-corrected chi connectivity index (χ2v) is 6.72. The summed E-state index contributed by atoms with van der Waals surface area (Å²) in [5.41, 5.74) is 1.20. The number of rotatable bonds is 4. The summed E-state index contributed by atoms with van der Waals surface area (Å²) < 4.78 is 5.72. The van der Waals surface area contributed by atoms with Crippen LogP contribution in [0.1, 0.15) is 35.7 Å². The molecule has 1 aromatic carbocycles. The lowest BCUT2D eigenvalue weighted by Crippen LogP contribution is -2.42. The Labute approximate surface area is 164 Å². The molecule has 6 heteroatoms. The van der Waals surface area contributed by atoms with Crippen LogP contribution in [0, 0.1) is 0 Å². The highest BCUT2D eigenvalue weighted by Gasteiger charge is 2.21. The Hall–Kier alpha value is -1.28. The third-order valence-corrected chi connectivity index (χ3v) is 5.20. The average molecular weight is 457 g/mol. The number of nitrogens with one attached hydrogen (secondary N) is 2. The quantitative estimate of drug-likeness (QED) is 0.412. The average Bonchev–Trinajstić information content (AvgIpc) is 3.13. The third-order valence-electron chi connectivity index (χ3n) is 4.10. The van der Waals surface area contributed by atoms with Gasteiger partial charge in [-0.1, -0.05) is 31.2 Å². The molecule has 2 aromatic rings. The van der Waals surface area contributed by atoms with Gasteiger partial charge in [-0.3, -0.25) is 4.99 Å². The number of thiophene rings is 1. The summed E-state index contributed by atoms with van der Waals surface area (Å²) in [4.78, 5) is 5.76. The van der Waals surface area contributed by atoms with Crippen molar-refractivity contribution in [2.45, 2.75) is 25.3 Å². The summed E-state index contributed by atoms with van der Waals surface area (Å²) in [5, 5.41) is 9.09. The monoisotopic (exact) mass is 457 g/mol. The van der Waals surface area contributed by atoms with Gasteiger partial charge >= 0.3 is 0 Å². The topological polar surface area (TPSA) is 45.7 Å². The van der Waals surface area contributed by atoms with E-state index < -0.39 is 0 Å². The van der Waals surface area contributed by atoms with Crippen LogP contribution in [0.2, 0.25) is 0 Å². The molecule has 0 bridgehead atoms. The first-order valence-electron chi connectivity index (χ1n) is 8.00. The van der Waals surface area contributed by atoms with Crippen molar-refractivity contribution in [3.05, 3.63) is 52.2 Å². The highest BCUT2D eigenvalue weighted by Crippen LogP contribution is 2.31. The minimum atomic E-state index is 0. The van der Waals surface area contributed by atoms with Crippen LogP contribution in [0.25, 0.3) is 0 Å².